The third kappa shape index (κ3) is 0.798. The molecular formula is C9H7O. The summed E-state index contributed by atoms with van der Waals surface area (Å²) in [5.41, 5.74) is 2.45. The molecule has 0 atom stereocenters. The number of hydrogen-bond acceptors (Lipinski definition) is 1. The van der Waals surface area contributed by atoms with Gasteiger partial charge in [-0.25, -0.2) is 0 Å². The van der Waals surface area contributed by atoms with Crippen molar-refractivity contribution >= 4 is 6.08 Å². The number of benzene rings is 1. The van der Waals surface area contributed by atoms with Gasteiger partial charge in [0.05, 0.1) is 6.26 Å². The van der Waals surface area contributed by atoms with Crippen molar-refractivity contribution in [2.45, 2.75) is 6.61 Å². The molecule has 0 aliphatic carbocycles. The Balaban J connectivity index is 2.54. The van der Waals surface area contributed by atoms with Gasteiger partial charge in [0.15, 0.2) is 0 Å². The molecule has 0 spiro atoms. The van der Waals surface area contributed by atoms with E-state index in [4.69, 9.17) is 4.74 Å². The first-order valence-corrected chi connectivity index (χ1v) is 3.24. The van der Waals surface area contributed by atoms with Crippen LogP contribution in [0.25, 0.3) is 6.08 Å². The van der Waals surface area contributed by atoms with Gasteiger partial charge in [-0.1, -0.05) is 12.1 Å². The summed E-state index contributed by atoms with van der Waals surface area (Å²) in [6, 6.07) is 8.91. The highest BCUT2D eigenvalue weighted by atomic mass is 16.5. The van der Waals surface area contributed by atoms with E-state index in [1.54, 1.807) is 6.26 Å². The Morgan fingerprint density at radius 2 is 2.50 bits per heavy atom. The Morgan fingerprint density at radius 1 is 1.50 bits per heavy atom. The van der Waals surface area contributed by atoms with E-state index < -0.39 is 0 Å². The predicted molar refractivity (Wildman–Crippen MR) is 39.1 cm³/mol. The van der Waals surface area contributed by atoms with E-state index in [0.717, 1.165) is 0 Å². The second-order valence-corrected chi connectivity index (χ2v) is 2.24. The zero-order valence-electron chi connectivity index (χ0n) is 5.50. The first kappa shape index (κ1) is 5.54. The minimum atomic E-state index is 0.684. The van der Waals surface area contributed by atoms with Crippen LogP contribution in [0.5, 0.6) is 0 Å². The molecule has 10 heavy (non-hydrogen) atoms. The molecule has 1 radical (unpaired) electrons. The lowest BCUT2D eigenvalue weighted by molar-refractivity contribution is 0.234. The molecule has 0 saturated heterocycles. The molecule has 0 unspecified atom stereocenters. The van der Waals surface area contributed by atoms with Crippen LogP contribution in [0.15, 0.2) is 24.5 Å². The Hall–Kier alpha value is -1.24. The fourth-order valence-corrected chi connectivity index (χ4v) is 1.02. The molecule has 0 saturated carbocycles. The average molecular weight is 131 g/mol. The molecule has 0 aromatic heterocycles. The highest BCUT2D eigenvalue weighted by Gasteiger charge is 2.01. The summed E-state index contributed by atoms with van der Waals surface area (Å²) in [5.74, 6) is 0. The Labute approximate surface area is 59.9 Å². The Kier molecular flexibility index (Phi) is 1.21. The van der Waals surface area contributed by atoms with Gasteiger partial charge in [-0.05, 0) is 29.3 Å². The summed E-state index contributed by atoms with van der Waals surface area (Å²) >= 11 is 0. The molecule has 1 aromatic carbocycles. The van der Waals surface area contributed by atoms with E-state index in [9.17, 15) is 0 Å². The molecule has 1 aliphatic rings. The van der Waals surface area contributed by atoms with Gasteiger partial charge in [0.2, 0.25) is 0 Å². The van der Waals surface area contributed by atoms with Crippen LogP contribution < -0.4 is 0 Å². The van der Waals surface area contributed by atoms with Gasteiger partial charge in [0.25, 0.3) is 0 Å². The fraction of sp³-hybridized carbons (Fsp3) is 0.111. The second kappa shape index (κ2) is 2.18. The largest absolute Gasteiger partial charge is 0.496 e. The first-order valence-electron chi connectivity index (χ1n) is 3.24. The minimum Gasteiger partial charge on any atom is -0.496 e. The topological polar surface area (TPSA) is 9.23 Å². The first-order chi connectivity index (χ1) is 4.97. The van der Waals surface area contributed by atoms with Gasteiger partial charge in [-0.2, -0.15) is 0 Å². The fourth-order valence-electron chi connectivity index (χ4n) is 1.02. The van der Waals surface area contributed by atoms with Gasteiger partial charge in [-0.3, -0.25) is 0 Å². The number of rotatable bonds is 0. The maximum atomic E-state index is 5.10. The molecule has 0 N–H and O–H groups in total. The van der Waals surface area contributed by atoms with Gasteiger partial charge >= 0.3 is 0 Å². The summed E-state index contributed by atoms with van der Waals surface area (Å²) in [4.78, 5) is 0. The quantitative estimate of drug-likeness (QED) is 0.523. The maximum Gasteiger partial charge on any atom is 0.113 e. The smallest absolute Gasteiger partial charge is 0.113 e. The summed E-state index contributed by atoms with van der Waals surface area (Å²) in [6.45, 7) is 0.684. The van der Waals surface area contributed by atoms with Gasteiger partial charge < -0.3 is 4.74 Å². The molecule has 1 aromatic rings. The van der Waals surface area contributed by atoms with Crippen molar-refractivity contribution in [1.29, 1.82) is 0 Å². The van der Waals surface area contributed by atoms with Crippen LogP contribution in [0, 0.1) is 6.07 Å². The molecule has 0 bridgehead atoms. The normalized spacial score (nSPS) is 14.0. The second-order valence-electron chi connectivity index (χ2n) is 2.24. The third-order valence-electron chi connectivity index (χ3n) is 1.57. The van der Waals surface area contributed by atoms with Crippen molar-refractivity contribution in [2.75, 3.05) is 0 Å². The highest BCUT2D eigenvalue weighted by molar-refractivity contribution is 5.53. The van der Waals surface area contributed by atoms with Crippen LogP contribution in [0.3, 0.4) is 0 Å². The Morgan fingerprint density at radius 3 is 3.40 bits per heavy atom. The van der Waals surface area contributed by atoms with Crippen molar-refractivity contribution in [1.82, 2.24) is 0 Å². The number of hydrogen-bond donors (Lipinski definition) is 0. The lowest BCUT2D eigenvalue weighted by Gasteiger charge is -2.09. The van der Waals surface area contributed by atoms with E-state index >= 15 is 0 Å². The monoisotopic (exact) mass is 131 g/mol. The zero-order valence-corrected chi connectivity index (χ0v) is 5.50. The molecule has 1 heteroatoms. The highest BCUT2D eigenvalue weighted by Crippen LogP contribution is 2.15. The summed E-state index contributed by atoms with van der Waals surface area (Å²) in [7, 11) is 0. The van der Waals surface area contributed by atoms with Crippen molar-refractivity contribution < 1.29 is 4.74 Å². The molecule has 1 nitrogen and oxygen atoms in total. The van der Waals surface area contributed by atoms with E-state index in [1.165, 1.54) is 11.1 Å². The lowest BCUT2D eigenvalue weighted by atomic mass is 10.1. The van der Waals surface area contributed by atoms with Crippen molar-refractivity contribution in [3.63, 3.8) is 0 Å². The van der Waals surface area contributed by atoms with Crippen LogP contribution in [-0.4, -0.2) is 0 Å². The average Bonchev–Trinajstić information content (AvgIpc) is 2.05. The zero-order chi connectivity index (χ0) is 6.81. The van der Waals surface area contributed by atoms with Crippen LogP contribution in [0.2, 0.25) is 0 Å². The van der Waals surface area contributed by atoms with Crippen LogP contribution in [0.1, 0.15) is 11.1 Å². The maximum absolute atomic E-state index is 5.10. The van der Waals surface area contributed by atoms with Crippen LogP contribution >= 0.6 is 0 Å². The van der Waals surface area contributed by atoms with E-state index in [1.807, 2.05) is 24.3 Å². The molecule has 1 heterocycles. The van der Waals surface area contributed by atoms with Gasteiger partial charge in [-0.15, -0.1) is 0 Å². The van der Waals surface area contributed by atoms with Crippen LogP contribution in [-0.2, 0) is 11.3 Å². The van der Waals surface area contributed by atoms with Crippen molar-refractivity contribution in [3.05, 3.63) is 41.7 Å². The van der Waals surface area contributed by atoms with Crippen molar-refractivity contribution in [3.8, 4) is 0 Å². The van der Waals surface area contributed by atoms with Crippen LogP contribution in [0.4, 0.5) is 0 Å². The molecule has 2 rings (SSSR count). The number of ether oxygens (including phenoxy) is 1. The third-order valence-corrected chi connectivity index (χ3v) is 1.57. The van der Waals surface area contributed by atoms with Crippen molar-refractivity contribution in [2.24, 2.45) is 0 Å². The van der Waals surface area contributed by atoms with Gasteiger partial charge in [0, 0.05) is 0 Å². The summed E-state index contributed by atoms with van der Waals surface area (Å²) < 4.78 is 5.10. The van der Waals surface area contributed by atoms with E-state index in [2.05, 4.69) is 6.07 Å². The molecule has 1 aliphatic heterocycles. The minimum absolute atomic E-state index is 0.684. The molecule has 0 amide bonds. The predicted octanol–water partition coefficient (Wildman–Crippen LogP) is 1.99. The molecule has 0 fully saturated rings. The SMILES string of the molecule is [c]1ccc2c(c1)COC=C2. The molecular weight excluding hydrogens is 124 g/mol. The lowest BCUT2D eigenvalue weighted by Crippen LogP contribution is -1.94. The van der Waals surface area contributed by atoms with E-state index in [-0.39, 0.29) is 0 Å². The van der Waals surface area contributed by atoms with E-state index in [0.29, 0.717) is 6.61 Å². The Bertz CT molecular complexity index is 263. The standard InChI is InChI=1S/C9H7O/c1-2-4-9-7-10-6-5-8(9)3-1/h1,3-6H,7H2. The molecule has 49 valence electrons. The van der Waals surface area contributed by atoms with Gasteiger partial charge in [0.1, 0.15) is 6.61 Å². The summed E-state index contributed by atoms with van der Waals surface area (Å²) in [6.07, 6.45) is 3.69. The number of fused-ring (bicyclic) bond motifs is 1. The summed E-state index contributed by atoms with van der Waals surface area (Å²) in [5, 5.41) is 0.